The van der Waals surface area contributed by atoms with E-state index in [0.717, 1.165) is 11.1 Å². The number of nitrogens with one attached hydrogen (secondary N) is 5. The van der Waals surface area contributed by atoms with E-state index in [4.69, 9.17) is 11.1 Å². The molecule has 13 nitrogen and oxygen atoms in total. The van der Waals surface area contributed by atoms with Gasteiger partial charge in [-0.15, -0.1) is 0 Å². The summed E-state index contributed by atoms with van der Waals surface area (Å²) in [7, 11) is 0. The maximum absolute atomic E-state index is 13.7. The van der Waals surface area contributed by atoms with Crippen LogP contribution in [0.4, 0.5) is 0 Å². The molecule has 0 aromatic heterocycles. The van der Waals surface area contributed by atoms with E-state index in [9.17, 15) is 29.1 Å². The first kappa shape index (κ1) is 34.9. The summed E-state index contributed by atoms with van der Waals surface area (Å²) in [5, 5.41) is 28.1. The smallest absolute Gasteiger partial charge is 0.305 e. The van der Waals surface area contributed by atoms with Gasteiger partial charge in [0.2, 0.25) is 23.6 Å². The first-order valence-electron chi connectivity index (χ1n) is 16.2. The second kappa shape index (κ2) is 17.1. The Balaban J connectivity index is 1.41. The van der Waals surface area contributed by atoms with E-state index >= 15 is 0 Å². The average molecular weight is 648 g/mol. The molecule has 2 saturated heterocycles. The molecule has 0 unspecified atom stereocenters. The van der Waals surface area contributed by atoms with Crippen LogP contribution in [0.25, 0.3) is 0 Å². The molecule has 0 spiro atoms. The van der Waals surface area contributed by atoms with Gasteiger partial charge in [-0.05, 0) is 62.5 Å². The summed E-state index contributed by atoms with van der Waals surface area (Å²) in [6.07, 6.45) is 3.56. The third kappa shape index (κ3) is 10.5. The summed E-state index contributed by atoms with van der Waals surface area (Å²) in [6, 6.07) is 15.4. The van der Waals surface area contributed by atoms with Crippen molar-refractivity contribution in [1.82, 2.24) is 26.2 Å². The molecular weight excluding hydrogens is 602 g/mol. The first-order valence-corrected chi connectivity index (χ1v) is 16.2. The van der Waals surface area contributed by atoms with E-state index < -0.39 is 42.0 Å². The van der Waals surface area contributed by atoms with E-state index in [2.05, 4.69) is 21.3 Å². The summed E-state index contributed by atoms with van der Waals surface area (Å²) < 4.78 is 0. The number of hydrogen-bond acceptors (Lipinski definition) is 6. The lowest BCUT2D eigenvalue weighted by Crippen LogP contribution is -2.60. The molecule has 5 atom stereocenters. The van der Waals surface area contributed by atoms with E-state index in [1.807, 2.05) is 60.7 Å². The first-order chi connectivity index (χ1) is 22.6. The van der Waals surface area contributed by atoms with Crippen molar-refractivity contribution >= 4 is 35.6 Å². The second-order valence-corrected chi connectivity index (χ2v) is 12.2. The van der Waals surface area contributed by atoms with Crippen LogP contribution in [-0.2, 0) is 36.8 Å². The fourth-order valence-electron chi connectivity index (χ4n) is 6.37. The molecule has 0 saturated carbocycles. The Kier molecular flexibility index (Phi) is 12.7. The van der Waals surface area contributed by atoms with Gasteiger partial charge in [-0.25, -0.2) is 0 Å². The van der Waals surface area contributed by atoms with Crippen LogP contribution in [-0.4, -0.2) is 82.3 Å². The zero-order valence-electron chi connectivity index (χ0n) is 26.5. The number of nitrogens with zero attached hydrogens (tertiary/aromatic N) is 1. The number of carboxylic acid groups (broad SMARTS) is 1. The Morgan fingerprint density at radius 1 is 0.915 bits per heavy atom. The third-order valence-electron chi connectivity index (χ3n) is 8.70. The second-order valence-electron chi connectivity index (χ2n) is 12.2. The van der Waals surface area contributed by atoms with Crippen LogP contribution in [0.15, 0.2) is 60.7 Å². The quantitative estimate of drug-likeness (QED) is 0.0799. The SMILES string of the molecule is N=C(N)NCCC[C@H](NC(=O)[C@@H]1CC[C@@H]2CC[C@H](NC(=O)Cc3ccccc3)C(=O)N21)C(=O)N[C@@H](CCc1ccccc1)CC(=O)O. The van der Waals surface area contributed by atoms with Gasteiger partial charge in [0.15, 0.2) is 5.96 Å². The fraction of sp³-hybridized carbons (Fsp3) is 0.471. The fourth-order valence-corrected chi connectivity index (χ4v) is 6.37. The van der Waals surface area contributed by atoms with Crippen LogP contribution in [0.5, 0.6) is 0 Å². The third-order valence-corrected chi connectivity index (χ3v) is 8.70. The lowest BCUT2D eigenvalue weighted by molar-refractivity contribution is -0.146. The van der Waals surface area contributed by atoms with E-state index in [1.54, 1.807) is 4.90 Å². The zero-order chi connectivity index (χ0) is 33.8. The molecule has 13 heteroatoms. The molecule has 47 heavy (non-hydrogen) atoms. The topological polar surface area (TPSA) is 207 Å². The number of carbonyl (C=O) groups is 5. The number of benzene rings is 2. The molecule has 4 amide bonds. The van der Waals surface area contributed by atoms with Gasteiger partial charge < -0.3 is 37.0 Å². The number of aryl methyl sites for hydroxylation is 1. The van der Waals surface area contributed by atoms with Gasteiger partial charge in [0, 0.05) is 18.6 Å². The molecule has 2 heterocycles. The number of hydrogen-bond donors (Lipinski definition) is 7. The number of rotatable bonds is 16. The molecule has 0 aliphatic carbocycles. The van der Waals surface area contributed by atoms with Crippen LogP contribution < -0.4 is 27.0 Å². The standard InChI is InChI=1S/C34H45N7O6/c35-34(36)37-19-7-12-26(31(45)38-24(21-30(43)44)14-13-22-8-3-1-4-9-22)40-32(46)28-18-16-25-15-17-27(33(47)41(25)28)39-29(42)20-23-10-5-2-6-11-23/h1-6,8-11,24-28H,7,12-21H2,(H,38,45)(H,39,42)(H,40,46)(H,43,44)(H4,35,36,37)/t24-,25-,26-,27-,28-/m0/s1. The minimum absolute atomic E-state index is 0.134. The number of nitrogens with two attached hydrogens (primary N) is 1. The highest BCUT2D eigenvalue weighted by molar-refractivity contribution is 5.95. The van der Waals surface area contributed by atoms with Crippen molar-refractivity contribution < 1.29 is 29.1 Å². The normalized spacial score (nSPS) is 20.0. The van der Waals surface area contributed by atoms with Gasteiger partial charge in [0.05, 0.1) is 12.8 Å². The number of fused-ring (bicyclic) bond motifs is 1. The number of piperidine rings is 1. The Hall–Kier alpha value is -4.94. The molecule has 8 N–H and O–H groups in total. The Morgan fingerprint density at radius 2 is 1.57 bits per heavy atom. The largest absolute Gasteiger partial charge is 0.481 e. The summed E-state index contributed by atoms with van der Waals surface area (Å²) >= 11 is 0. The van der Waals surface area contributed by atoms with Gasteiger partial charge in [-0.3, -0.25) is 29.4 Å². The van der Waals surface area contributed by atoms with Gasteiger partial charge in [-0.2, -0.15) is 0 Å². The van der Waals surface area contributed by atoms with E-state index in [0.29, 0.717) is 51.5 Å². The van der Waals surface area contributed by atoms with Crippen molar-refractivity contribution in [2.45, 2.75) is 94.4 Å². The number of aliphatic carboxylic acids is 1. The van der Waals surface area contributed by atoms with Crippen LogP contribution in [0.2, 0.25) is 0 Å². The molecule has 2 aromatic rings. The molecule has 2 aliphatic heterocycles. The molecule has 0 radical (unpaired) electrons. The average Bonchev–Trinajstić information content (AvgIpc) is 3.48. The predicted octanol–water partition coefficient (Wildman–Crippen LogP) is 1.21. The number of carbonyl (C=O) groups excluding carboxylic acids is 4. The van der Waals surface area contributed by atoms with E-state index in [1.165, 1.54) is 0 Å². The molecule has 2 aromatic carbocycles. The van der Waals surface area contributed by atoms with Crippen LogP contribution in [0, 0.1) is 5.41 Å². The van der Waals surface area contributed by atoms with Crippen molar-refractivity contribution in [2.24, 2.45) is 5.73 Å². The van der Waals surface area contributed by atoms with Crippen molar-refractivity contribution in [3.63, 3.8) is 0 Å². The minimum Gasteiger partial charge on any atom is -0.481 e. The van der Waals surface area contributed by atoms with Gasteiger partial charge in [0.25, 0.3) is 0 Å². The van der Waals surface area contributed by atoms with Crippen molar-refractivity contribution in [1.29, 1.82) is 5.41 Å². The number of amides is 4. The van der Waals surface area contributed by atoms with Crippen LogP contribution >= 0.6 is 0 Å². The number of carboxylic acids is 1. The molecular formula is C34H45N7O6. The van der Waals surface area contributed by atoms with Crippen molar-refractivity contribution in [3.05, 3.63) is 71.8 Å². The highest BCUT2D eigenvalue weighted by Gasteiger charge is 2.46. The van der Waals surface area contributed by atoms with Gasteiger partial charge in [0.1, 0.15) is 18.1 Å². The molecule has 0 bridgehead atoms. The Bertz CT molecular complexity index is 1410. The molecule has 252 valence electrons. The summed E-state index contributed by atoms with van der Waals surface area (Å²) in [5.74, 6) is -2.85. The molecule has 2 fully saturated rings. The van der Waals surface area contributed by atoms with Crippen molar-refractivity contribution in [3.8, 4) is 0 Å². The monoisotopic (exact) mass is 647 g/mol. The maximum atomic E-state index is 13.7. The Morgan fingerprint density at radius 3 is 2.23 bits per heavy atom. The van der Waals surface area contributed by atoms with Crippen molar-refractivity contribution in [2.75, 3.05) is 6.54 Å². The molecule has 2 aliphatic rings. The van der Waals surface area contributed by atoms with Gasteiger partial charge in [-0.1, -0.05) is 60.7 Å². The predicted molar refractivity (Wildman–Crippen MR) is 175 cm³/mol. The minimum atomic E-state index is -1.05. The van der Waals surface area contributed by atoms with E-state index in [-0.39, 0.29) is 43.1 Å². The van der Waals surface area contributed by atoms with Crippen LogP contribution in [0.1, 0.15) is 62.5 Å². The zero-order valence-corrected chi connectivity index (χ0v) is 26.5. The highest BCUT2D eigenvalue weighted by atomic mass is 16.4. The maximum Gasteiger partial charge on any atom is 0.305 e. The lowest BCUT2D eigenvalue weighted by atomic mass is 9.97. The lowest BCUT2D eigenvalue weighted by Gasteiger charge is -2.38. The number of guanidine groups is 1. The van der Waals surface area contributed by atoms with Crippen LogP contribution in [0.3, 0.4) is 0 Å². The summed E-state index contributed by atoms with van der Waals surface area (Å²) in [6.45, 7) is 0.294. The summed E-state index contributed by atoms with van der Waals surface area (Å²) in [4.78, 5) is 66.8. The summed E-state index contributed by atoms with van der Waals surface area (Å²) in [5.41, 5.74) is 7.22. The van der Waals surface area contributed by atoms with Gasteiger partial charge >= 0.3 is 5.97 Å². The molecule has 4 rings (SSSR count). The Labute approximate surface area is 274 Å². The highest BCUT2D eigenvalue weighted by Crippen LogP contribution is 2.33.